The van der Waals surface area contributed by atoms with Gasteiger partial charge >= 0.3 is 11.8 Å². The van der Waals surface area contributed by atoms with E-state index >= 15 is 0 Å². The molecular weight excluding hydrogens is 174 g/mol. The van der Waals surface area contributed by atoms with Crippen molar-refractivity contribution in [3.63, 3.8) is 0 Å². The van der Waals surface area contributed by atoms with E-state index in [4.69, 9.17) is 0 Å². The van der Waals surface area contributed by atoms with E-state index in [0.717, 1.165) is 0 Å². The Labute approximate surface area is 59.2 Å². The number of hydrogen-bond acceptors (Lipinski definition) is 0. The fourth-order valence-electron chi connectivity index (χ4n) is 0.372. The summed E-state index contributed by atoms with van der Waals surface area (Å²) in [6, 6.07) is 0. The van der Waals surface area contributed by atoms with Crippen LogP contribution >= 0.6 is 0 Å². The molecule has 0 N–H and O–H groups in total. The zero-order chi connectivity index (χ0) is 9.28. The third kappa shape index (κ3) is 2.00. The molecule has 0 heterocycles. The van der Waals surface area contributed by atoms with Gasteiger partial charge in [-0.3, -0.25) is 0 Å². The lowest BCUT2D eigenvalue weighted by Gasteiger charge is -2.24. The van der Waals surface area contributed by atoms with Crippen LogP contribution in [0, 0.1) is 0 Å². The molecule has 0 aromatic rings. The molecule has 0 rings (SSSR count). The summed E-state index contributed by atoms with van der Waals surface area (Å²) in [6.45, 7) is -2.27. The minimum absolute atomic E-state index is 0.157. The molecule has 1 atom stereocenters. The maximum absolute atomic E-state index is 12.0. The summed E-state index contributed by atoms with van der Waals surface area (Å²) in [6.07, 6.45) is -3.44. The minimum Gasteiger partial charge on any atom is -0.248 e. The Kier molecular flexibility index (Phi) is 2.79. The van der Waals surface area contributed by atoms with E-state index in [1.54, 1.807) is 0 Å². The zero-order valence-electron chi connectivity index (χ0n) is 5.55. The topological polar surface area (TPSA) is 0 Å². The Morgan fingerprint density at radius 1 is 1.18 bits per heavy atom. The average Bonchev–Trinajstić information content (AvgIpc) is 1.83. The van der Waals surface area contributed by atoms with Gasteiger partial charge in [-0.25, -0.2) is 17.6 Å². The van der Waals surface area contributed by atoms with E-state index in [0.29, 0.717) is 0 Å². The molecule has 0 spiro atoms. The van der Waals surface area contributed by atoms with Crippen molar-refractivity contribution in [3.05, 3.63) is 0 Å². The van der Waals surface area contributed by atoms with E-state index in [9.17, 15) is 26.3 Å². The van der Waals surface area contributed by atoms with Gasteiger partial charge in [0.05, 0.1) is 0 Å². The van der Waals surface area contributed by atoms with Crippen molar-refractivity contribution in [1.82, 2.24) is 0 Å². The monoisotopic (exact) mass is 180 g/mol. The Morgan fingerprint density at radius 2 is 1.55 bits per heavy atom. The highest BCUT2D eigenvalue weighted by molar-refractivity contribution is 4.87. The quantitative estimate of drug-likeness (QED) is 0.585. The molecule has 6 heteroatoms. The highest BCUT2D eigenvalue weighted by Gasteiger charge is 2.58. The standard InChI is InChI=1S/C5H6F6/c1-4(8,9)5(10,11)3(7)2-6/h3H,2H2,1H3. The van der Waals surface area contributed by atoms with Gasteiger partial charge in [-0.05, 0) is 0 Å². The van der Waals surface area contributed by atoms with Crippen LogP contribution in [0.3, 0.4) is 0 Å². The number of hydrogen-bond donors (Lipinski definition) is 0. The van der Waals surface area contributed by atoms with Crippen LogP contribution in [0.2, 0.25) is 0 Å². The van der Waals surface area contributed by atoms with Crippen LogP contribution in [0.5, 0.6) is 0 Å². The zero-order valence-corrected chi connectivity index (χ0v) is 5.55. The Hall–Kier alpha value is -0.420. The van der Waals surface area contributed by atoms with Crippen LogP contribution in [0.25, 0.3) is 0 Å². The van der Waals surface area contributed by atoms with E-state index in [-0.39, 0.29) is 6.92 Å². The third-order valence-electron chi connectivity index (χ3n) is 1.11. The van der Waals surface area contributed by atoms with Gasteiger partial charge in [0.1, 0.15) is 6.67 Å². The molecule has 0 saturated heterocycles. The molecular formula is C5H6F6. The summed E-state index contributed by atoms with van der Waals surface area (Å²) < 4.78 is 70.5. The van der Waals surface area contributed by atoms with Crippen LogP contribution in [0.15, 0.2) is 0 Å². The lowest BCUT2D eigenvalue weighted by molar-refractivity contribution is -0.231. The molecule has 0 fully saturated rings. The molecule has 0 radical (unpaired) electrons. The Bertz CT molecular complexity index is 125. The summed E-state index contributed by atoms with van der Waals surface area (Å²) in [4.78, 5) is 0. The Morgan fingerprint density at radius 3 is 1.64 bits per heavy atom. The first-order valence-corrected chi connectivity index (χ1v) is 2.69. The maximum Gasteiger partial charge on any atom is 0.342 e. The summed E-state index contributed by atoms with van der Waals surface area (Å²) >= 11 is 0. The van der Waals surface area contributed by atoms with E-state index < -0.39 is 24.7 Å². The predicted molar refractivity (Wildman–Crippen MR) is 26.4 cm³/mol. The second-order valence-electron chi connectivity index (χ2n) is 2.13. The summed E-state index contributed by atoms with van der Waals surface area (Å²) in [5.74, 6) is -9.46. The van der Waals surface area contributed by atoms with Crippen molar-refractivity contribution in [2.45, 2.75) is 24.9 Å². The van der Waals surface area contributed by atoms with Crippen molar-refractivity contribution < 1.29 is 26.3 Å². The van der Waals surface area contributed by atoms with Gasteiger partial charge in [0.15, 0.2) is 6.17 Å². The average molecular weight is 180 g/mol. The highest BCUT2D eigenvalue weighted by Crippen LogP contribution is 2.37. The van der Waals surface area contributed by atoms with Crippen molar-refractivity contribution in [2.75, 3.05) is 6.67 Å². The molecule has 0 aliphatic carbocycles. The molecule has 0 aliphatic rings. The van der Waals surface area contributed by atoms with Gasteiger partial charge in [0, 0.05) is 6.92 Å². The van der Waals surface area contributed by atoms with Crippen LogP contribution < -0.4 is 0 Å². The predicted octanol–water partition coefficient (Wildman–Crippen LogP) is 2.58. The lowest BCUT2D eigenvalue weighted by atomic mass is 10.1. The van der Waals surface area contributed by atoms with Crippen LogP contribution in [0.1, 0.15) is 6.92 Å². The van der Waals surface area contributed by atoms with E-state index in [1.807, 2.05) is 0 Å². The fourth-order valence-corrected chi connectivity index (χ4v) is 0.372. The second kappa shape index (κ2) is 2.91. The molecule has 0 bridgehead atoms. The summed E-state index contributed by atoms with van der Waals surface area (Å²) in [5, 5.41) is 0. The molecule has 68 valence electrons. The number of rotatable bonds is 3. The van der Waals surface area contributed by atoms with Gasteiger partial charge in [-0.2, -0.15) is 8.78 Å². The normalized spacial score (nSPS) is 16.6. The van der Waals surface area contributed by atoms with E-state index in [2.05, 4.69) is 0 Å². The van der Waals surface area contributed by atoms with Crippen molar-refractivity contribution in [1.29, 1.82) is 0 Å². The smallest absolute Gasteiger partial charge is 0.248 e. The fraction of sp³-hybridized carbons (Fsp3) is 1.00. The van der Waals surface area contributed by atoms with E-state index in [1.165, 1.54) is 0 Å². The third-order valence-corrected chi connectivity index (χ3v) is 1.11. The van der Waals surface area contributed by atoms with Crippen molar-refractivity contribution in [2.24, 2.45) is 0 Å². The van der Waals surface area contributed by atoms with Gasteiger partial charge in [0.25, 0.3) is 0 Å². The van der Waals surface area contributed by atoms with Crippen LogP contribution in [0.4, 0.5) is 26.3 Å². The molecule has 0 amide bonds. The van der Waals surface area contributed by atoms with Gasteiger partial charge in [-0.15, -0.1) is 0 Å². The van der Waals surface area contributed by atoms with Crippen molar-refractivity contribution in [3.8, 4) is 0 Å². The van der Waals surface area contributed by atoms with Gasteiger partial charge in [0.2, 0.25) is 0 Å². The summed E-state index contributed by atoms with van der Waals surface area (Å²) in [7, 11) is 0. The maximum atomic E-state index is 12.0. The summed E-state index contributed by atoms with van der Waals surface area (Å²) in [5.41, 5.74) is 0. The largest absolute Gasteiger partial charge is 0.342 e. The number of alkyl halides is 6. The van der Waals surface area contributed by atoms with Crippen LogP contribution in [-0.4, -0.2) is 24.7 Å². The minimum atomic E-state index is -4.93. The first kappa shape index (κ1) is 10.6. The lowest BCUT2D eigenvalue weighted by Crippen LogP contribution is -2.46. The molecule has 0 aromatic heterocycles. The second-order valence-corrected chi connectivity index (χ2v) is 2.13. The van der Waals surface area contributed by atoms with Crippen molar-refractivity contribution >= 4 is 0 Å². The Balaban J connectivity index is 4.45. The number of halogens is 6. The molecule has 0 aromatic carbocycles. The first-order chi connectivity index (χ1) is 4.73. The van der Waals surface area contributed by atoms with Crippen LogP contribution in [-0.2, 0) is 0 Å². The molecule has 0 nitrogen and oxygen atoms in total. The molecule has 11 heavy (non-hydrogen) atoms. The molecule has 0 saturated carbocycles. The first-order valence-electron chi connectivity index (χ1n) is 2.69. The van der Waals surface area contributed by atoms with Gasteiger partial charge < -0.3 is 0 Å². The van der Waals surface area contributed by atoms with Gasteiger partial charge in [-0.1, -0.05) is 0 Å². The SMILES string of the molecule is CC(F)(F)C(F)(F)C(F)CF. The highest BCUT2D eigenvalue weighted by atomic mass is 19.3. The molecule has 0 aliphatic heterocycles. The molecule has 1 unspecified atom stereocenters.